The number of carboxylic acid groups (broad SMARTS) is 1. The van der Waals surface area contributed by atoms with Gasteiger partial charge in [0.2, 0.25) is 0 Å². The largest absolute Gasteiger partial charge is 0.476 e. The highest BCUT2D eigenvalue weighted by molar-refractivity contribution is 9.10. The van der Waals surface area contributed by atoms with Crippen LogP contribution in [-0.2, 0) is 12.8 Å². The van der Waals surface area contributed by atoms with E-state index in [1.165, 1.54) is 0 Å². The van der Waals surface area contributed by atoms with Crippen molar-refractivity contribution in [2.24, 2.45) is 0 Å². The fourth-order valence-corrected chi connectivity index (χ4v) is 3.07. The van der Waals surface area contributed by atoms with E-state index in [4.69, 9.17) is 11.6 Å². The van der Waals surface area contributed by atoms with E-state index >= 15 is 0 Å². The van der Waals surface area contributed by atoms with Crippen LogP contribution in [0.1, 0.15) is 28.2 Å². The maximum atomic E-state index is 11.2. The van der Waals surface area contributed by atoms with Crippen LogP contribution in [0.15, 0.2) is 22.7 Å². The first-order valence-corrected chi connectivity index (χ1v) is 7.05. The number of nitrogens with zero attached hydrogens (tertiary/aromatic N) is 2. The van der Waals surface area contributed by atoms with Crippen LogP contribution in [0.25, 0.3) is 5.69 Å². The highest BCUT2D eigenvalue weighted by Crippen LogP contribution is 2.33. The summed E-state index contributed by atoms with van der Waals surface area (Å²) >= 11 is 9.51. The number of aromatic nitrogens is 2. The molecule has 3 rings (SSSR count). The fourth-order valence-electron chi connectivity index (χ4n) is 2.46. The summed E-state index contributed by atoms with van der Waals surface area (Å²) in [5.74, 6) is -0.977. The van der Waals surface area contributed by atoms with Gasteiger partial charge < -0.3 is 5.11 Å². The minimum absolute atomic E-state index is 0.152. The average Bonchev–Trinajstić information content (AvgIpc) is 2.94. The molecule has 0 radical (unpaired) electrons. The van der Waals surface area contributed by atoms with Gasteiger partial charge in [0.25, 0.3) is 0 Å². The van der Waals surface area contributed by atoms with Gasteiger partial charge in [-0.3, -0.25) is 0 Å². The number of hydrogen-bond donors (Lipinski definition) is 1. The molecule has 1 aliphatic carbocycles. The quantitative estimate of drug-likeness (QED) is 0.910. The molecule has 19 heavy (non-hydrogen) atoms. The van der Waals surface area contributed by atoms with E-state index < -0.39 is 5.97 Å². The molecule has 0 aliphatic heterocycles. The Morgan fingerprint density at radius 2 is 2.21 bits per heavy atom. The third-order valence-electron chi connectivity index (χ3n) is 3.29. The molecule has 6 heteroatoms. The molecule has 0 unspecified atom stereocenters. The van der Waals surface area contributed by atoms with Gasteiger partial charge in [0.05, 0.1) is 15.2 Å². The van der Waals surface area contributed by atoms with Crippen LogP contribution in [0, 0.1) is 0 Å². The van der Waals surface area contributed by atoms with Gasteiger partial charge in [0, 0.05) is 11.3 Å². The fraction of sp³-hybridized carbons (Fsp3) is 0.231. The minimum atomic E-state index is -0.977. The molecule has 2 aromatic rings. The third-order valence-corrected chi connectivity index (χ3v) is 4.67. The monoisotopic (exact) mass is 340 g/mol. The number of aromatic carboxylic acids is 1. The Kier molecular flexibility index (Phi) is 3.11. The molecule has 0 amide bonds. The predicted molar refractivity (Wildman–Crippen MR) is 75.3 cm³/mol. The van der Waals surface area contributed by atoms with E-state index in [9.17, 15) is 9.90 Å². The van der Waals surface area contributed by atoms with E-state index in [1.807, 2.05) is 12.1 Å². The summed E-state index contributed by atoms with van der Waals surface area (Å²) in [6.07, 6.45) is 2.58. The Morgan fingerprint density at radius 1 is 1.42 bits per heavy atom. The molecule has 0 bridgehead atoms. The van der Waals surface area contributed by atoms with E-state index in [0.717, 1.165) is 40.7 Å². The van der Waals surface area contributed by atoms with Crippen LogP contribution in [0.2, 0.25) is 5.02 Å². The molecule has 4 nitrogen and oxygen atoms in total. The molecular formula is C13H10BrClN2O2. The van der Waals surface area contributed by atoms with Gasteiger partial charge in [-0.1, -0.05) is 17.7 Å². The maximum Gasteiger partial charge on any atom is 0.356 e. The SMILES string of the molecule is O=C(O)c1nn(-c2cccc(Cl)c2Br)c2c1CCC2. The summed E-state index contributed by atoms with van der Waals surface area (Å²) in [5.41, 5.74) is 2.75. The second-order valence-corrected chi connectivity index (χ2v) is 5.62. The number of hydrogen-bond acceptors (Lipinski definition) is 2. The van der Waals surface area contributed by atoms with Crippen molar-refractivity contribution >= 4 is 33.5 Å². The molecule has 98 valence electrons. The van der Waals surface area contributed by atoms with Gasteiger partial charge in [-0.25, -0.2) is 9.48 Å². The normalized spacial score (nSPS) is 13.6. The summed E-state index contributed by atoms with van der Waals surface area (Å²) in [5, 5.41) is 14.0. The Hall–Kier alpha value is -1.33. The average molecular weight is 342 g/mol. The lowest BCUT2D eigenvalue weighted by atomic mass is 10.2. The van der Waals surface area contributed by atoms with Gasteiger partial charge >= 0.3 is 5.97 Å². The van der Waals surface area contributed by atoms with E-state index in [2.05, 4.69) is 21.0 Å². The zero-order valence-electron chi connectivity index (χ0n) is 9.86. The Labute approximate surface area is 123 Å². The summed E-state index contributed by atoms with van der Waals surface area (Å²) in [4.78, 5) is 11.2. The highest BCUT2D eigenvalue weighted by atomic mass is 79.9. The van der Waals surface area contributed by atoms with E-state index in [1.54, 1.807) is 10.7 Å². The lowest BCUT2D eigenvalue weighted by Gasteiger charge is -2.08. The lowest BCUT2D eigenvalue weighted by molar-refractivity contribution is 0.0689. The first kappa shape index (κ1) is 12.7. The van der Waals surface area contributed by atoms with Gasteiger partial charge in [-0.2, -0.15) is 5.10 Å². The van der Waals surface area contributed by atoms with Crippen molar-refractivity contribution < 1.29 is 9.90 Å². The smallest absolute Gasteiger partial charge is 0.356 e. The van der Waals surface area contributed by atoms with Crippen LogP contribution in [-0.4, -0.2) is 20.9 Å². The van der Waals surface area contributed by atoms with Gasteiger partial charge in [0.1, 0.15) is 0 Å². The number of halogens is 2. The molecule has 1 aliphatic rings. The molecule has 0 fully saturated rings. The van der Waals surface area contributed by atoms with Crippen LogP contribution < -0.4 is 0 Å². The van der Waals surface area contributed by atoms with Gasteiger partial charge in [-0.05, 0) is 47.3 Å². The molecule has 0 saturated carbocycles. The number of benzene rings is 1. The van der Waals surface area contributed by atoms with Gasteiger partial charge in [-0.15, -0.1) is 0 Å². The standard InChI is InChI=1S/C13H10BrClN2O2/c14-11-8(15)4-2-6-10(11)17-9-5-1-3-7(9)12(16-17)13(18)19/h2,4,6H,1,3,5H2,(H,18,19). The summed E-state index contributed by atoms with van der Waals surface area (Å²) < 4.78 is 2.42. The Bertz CT molecular complexity index is 682. The van der Waals surface area contributed by atoms with Crippen LogP contribution in [0.4, 0.5) is 0 Å². The predicted octanol–water partition coefficient (Wildman–Crippen LogP) is 3.48. The minimum Gasteiger partial charge on any atom is -0.476 e. The van der Waals surface area contributed by atoms with E-state index in [-0.39, 0.29) is 5.69 Å². The molecule has 1 N–H and O–H groups in total. The van der Waals surface area contributed by atoms with Crippen molar-refractivity contribution in [2.45, 2.75) is 19.3 Å². The molecule has 0 spiro atoms. The summed E-state index contributed by atoms with van der Waals surface area (Å²) in [7, 11) is 0. The first-order chi connectivity index (χ1) is 9.09. The van der Waals surface area contributed by atoms with Crippen LogP contribution in [0.5, 0.6) is 0 Å². The molecular weight excluding hydrogens is 332 g/mol. The second kappa shape index (κ2) is 4.65. The molecule has 0 saturated heterocycles. The van der Waals surface area contributed by atoms with Crippen molar-refractivity contribution in [3.63, 3.8) is 0 Å². The Morgan fingerprint density at radius 3 is 2.95 bits per heavy atom. The highest BCUT2D eigenvalue weighted by Gasteiger charge is 2.27. The Balaban J connectivity index is 2.24. The summed E-state index contributed by atoms with van der Waals surface area (Å²) in [6, 6.07) is 5.47. The zero-order chi connectivity index (χ0) is 13.6. The van der Waals surface area contributed by atoms with Gasteiger partial charge in [0.15, 0.2) is 5.69 Å². The topological polar surface area (TPSA) is 55.1 Å². The van der Waals surface area contributed by atoms with Crippen molar-refractivity contribution in [1.82, 2.24) is 9.78 Å². The van der Waals surface area contributed by atoms with E-state index in [0.29, 0.717) is 5.02 Å². The summed E-state index contributed by atoms with van der Waals surface area (Å²) in [6.45, 7) is 0. The third kappa shape index (κ3) is 1.97. The number of rotatable bonds is 2. The van der Waals surface area contributed by atoms with Crippen molar-refractivity contribution in [3.05, 3.63) is 44.6 Å². The molecule has 0 atom stereocenters. The van der Waals surface area contributed by atoms with Crippen LogP contribution in [0.3, 0.4) is 0 Å². The van der Waals surface area contributed by atoms with Crippen molar-refractivity contribution in [3.8, 4) is 5.69 Å². The number of carbonyl (C=O) groups is 1. The first-order valence-electron chi connectivity index (χ1n) is 5.88. The van der Waals surface area contributed by atoms with Crippen molar-refractivity contribution in [2.75, 3.05) is 0 Å². The van der Waals surface area contributed by atoms with Crippen molar-refractivity contribution in [1.29, 1.82) is 0 Å². The number of fused-ring (bicyclic) bond motifs is 1. The molecule has 1 heterocycles. The maximum absolute atomic E-state index is 11.2. The van der Waals surface area contributed by atoms with Crippen LogP contribution >= 0.6 is 27.5 Å². The number of carboxylic acids is 1. The molecule has 1 aromatic carbocycles. The molecule has 1 aromatic heterocycles. The lowest BCUT2D eigenvalue weighted by Crippen LogP contribution is -2.05. The zero-order valence-corrected chi connectivity index (χ0v) is 12.2. The second-order valence-electron chi connectivity index (χ2n) is 4.42.